The maximum Gasteiger partial charge on any atom is 0.230 e. The average Bonchev–Trinajstić information content (AvgIpc) is 3.77. The van der Waals surface area contributed by atoms with Crippen molar-refractivity contribution in [1.29, 1.82) is 0 Å². The number of hydrogen-bond donors (Lipinski definition) is 3. The number of benzene rings is 2. The minimum atomic E-state index is -0.554. The van der Waals surface area contributed by atoms with E-state index in [0.717, 1.165) is 70.5 Å². The fraction of sp³-hybridized carbons (Fsp3) is 0.488. The number of carbonyl (C=O) groups excluding carboxylic acids is 1. The molecule has 0 bridgehead atoms. The van der Waals surface area contributed by atoms with E-state index in [9.17, 15) is 4.79 Å². The molecule has 0 spiro atoms. The summed E-state index contributed by atoms with van der Waals surface area (Å²) in [4.78, 5) is 39.5. The van der Waals surface area contributed by atoms with Gasteiger partial charge in [0.1, 0.15) is 17.7 Å². The lowest BCUT2D eigenvalue weighted by atomic mass is 9.77. The molecule has 1 amide bonds. The Labute approximate surface area is 311 Å². The van der Waals surface area contributed by atoms with Gasteiger partial charge in [0.25, 0.3) is 0 Å². The summed E-state index contributed by atoms with van der Waals surface area (Å²) in [7, 11) is 8.05. The number of H-pyrrole nitrogens is 2. The van der Waals surface area contributed by atoms with Crippen molar-refractivity contribution in [2.45, 2.75) is 93.2 Å². The van der Waals surface area contributed by atoms with Gasteiger partial charge in [-0.1, -0.05) is 102 Å². The lowest BCUT2D eigenvalue weighted by molar-refractivity contribution is -0.129. The normalized spacial score (nSPS) is 15.0. The molecule has 52 heavy (non-hydrogen) atoms. The lowest BCUT2D eigenvalue weighted by Crippen LogP contribution is -2.44. The Morgan fingerprint density at radius 3 is 1.63 bits per heavy atom. The Morgan fingerprint density at radius 2 is 1.19 bits per heavy atom. The molecule has 0 aliphatic heterocycles. The molecule has 1 aliphatic carbocycles. The van der Waals surface area contributed by atoms with Crippen molar-refractivity contribution >= 4 is 11.9 Å². The quantitative estimate of drug-likeness (QED) is 0.0915. The van der Waals surface area contributed by atoms with Gasteiger partial charge < -0.3 is 25.1 Å². The van der Waals surface area contributed by atoms with Gasteiger partial charge in [0.05, 0.1) is 35.2 Å². The minimum Gasteiger partial charge on any atom is -0.349 e. The Kier molecular flexibility index (Phi) is 11.2. The van der Waals surface area contributed by atoms with Gasteiger partial charge in [-0.25, -0.2) is 15.0 Å². The molecule has 278 valence electrons. The summed E-state index contributed by atoms with van der Waals surface area (Å²) in [5.74, 6) is 2.56. The predicted molar refractivity (Wildman–Crippen MR) is 215 cm³/mol. The van der Waals surface area contributed by atoms with E-state index in [0.29, 0.717) is 0 Å². The molecule has 2 aromatic carbocycles. The average molecular weight is 705 g/mol. The van der Waals surface area contributed by atoms with Crippen LogP contribution in [0.25, 0.3) is 33.6 Å². The Hall–Kier alpha value is -4.66. The first-order valence-corrected chi connectivity index (χ1v) is 18.6. The zero-order valence-corrected chi connectivity index (χ0v) is 33.5. The number of aliphatic imine (C=N–C) groups is 1. The molecule has 3 N–H and O–H groups in total. The van der Waals surface area contributed by atoms with Gasteiger partial charge in [0.2, 0.25) is 5.91 Å². The molecule has 5 rings (SSSR count). The second-order valence-electron chi connectivity index (χ2n) is 17.4. The monoisotopic (exact) mass is 704 g/mol. The summed E-state index contributed by atoms with van der Waals surface area (Å²) >= 11 is 0. The van der Waals surface area contributed by atoms with E-state index in [1.54, 1.807) is 0 Å². The van der Waals surface area contributed by atoms with Crippen LogP contribution in [0, 0.1) is 16.2 Å². The SMILES string of the molecule is CN(C)C(=N[C@H](c1ncc(-c2ccc(-c3ccc(-c4cnc([C@@H](NC(=O)C(C)(C)C5=CCCCC5)C(C)(C)C)[nH]4)cc3)cc2)[nH]1)C(C)(C)C)N(C)C. The van der Waals surface area contributed by atoms with Crippen molar-refractivity contribution in [3.8, 4) is 33.6 Å². The second kappa shape index (κ2) is 15.1. The third kappa shape index (κ3) is 8.68. The standard InChI is InChI=1S/C43H60N8O/c1-41(2,3)35(48-39(52)43(7,8)32-16-14-13-15-17-32)37-44-26-33(46-37)30-22-18-28(19-23-30)29-20-24-31(25-21-29)34-27-45-38(47-34)36(42(4,5)6)49-40(50(9)10)51(11)12/h16,18-27,35-36H,13-15,17H2,1-12H3,(H,44,46)(H,45,47)(H,48,52)/t35-,36-/m1/s1. The molecule has 0 unspecified atom stereocenters. The third-order valence-corrected chi connectivity index (χ3v) is 10.1. The molecule has 9 heteroatoms. The number of amides is 1. The number of imidazole rings is 2. The van der Waals surface area contributed by atoms with Gasteiger partial charge >= 0.3 is 0 Å². The molecule has 2 heterocycles. The largest absolute Gasteiger partial charge is 0.349 e. The van der Waals surface area contributed by atoms with Crippen LogP contribution in [0.5, 0.6) is 0 Å². The van der Waals surface area contributed by atoms with Crippen molar-refractivity contribution in [2.24, 2.45) is 21.2 Å². The zero-order chi connectivity index (χ0) is 38.0. The van der Waals surface area contributed by atoms with Gasteiger partial charge in [0.15, 0.2) is 5.96 Å². The van der Waals surface area contributed by atoms with Crippen LogP contribution in [0.3, 0.4) is 0 Å². The van der Waals surface area contributed by atoms with E-state index in [1.807, 2.05) is 64.2 Å². The smallest absolute Gasteiger partial charge is 0.230 e. The molecule has 0 radical (unpaired) electrons. The molecule has 4 aromatic rings. The predicted octanol–water partition coefficient (Wildman–Crippen LogP) is 9.43. The maximum atomic E-state index is 13.7. The summed E-state index contributed by atoms with van der Waals surface area (Å²) in [6.45, 7) is 17.1. The van der Waals surface area contributed by atoms with Gasteiger partial charge in [-0.15, -0.1) is 0 Å². The summed E-state index contributed by atoms with van der Waals surface area (Å²) in [6.07, 6.45) is 10.4. The molecule has 2 atom stereocenters. The number of aromatic amines is 2. The number of carbonyl (C=O) groups is 1. The Morgan fingerprint density at radius 1 is 0.712 bits per heavy atom. The number of nitrogens with one attached hydrogen (secondary N) is 3. The number of rotatable bonds is 9. The number of allylic oxidation sites excluding steroid dienone is 1. The van der Waals surface area contributed by atoms with Crippen LogP contribution >= 0.6 is 0 Å². The fourth-order valence-corrected chi connectivity index (χ4v) is 6.91. The van der Waals surface area contributed by atoms with Crippen molar-refractivity contribution in [2.75, 3.05) is 28.2 Å². The van der Waals surface area contributed by atoms with Crippen molar-refractivity contribution in [1.82, 2.24) is 35.1 Å². The summed E-state index contributed by atoms with van der Waals surface area (Å²) in [6, 6.07) is 16.7. The van der Waals surface area contributed by atoms with E-state index < -0.39 is 5.41 Å². The van der Waals surface area contributed by atoms with E-state index in [4.69, 9.17) is 15.0 Å². The van der Waals surface area contributed by atoms with Crippen LogP contribution in [-0.4, -0.2) is 69.8 Å². The second-order valence-corrected chi connectivity index (χ2v) is 17.4. The third-order valence-electron chi connectivity index (χ3n) is 10.1. The highest BCUT2D eigenvalue weighted by Gasteiger charge is 2.38. The molecular formula is C43H60N8O. The summed E-state index contributed by atoms with van der Waals surface area (Å²) < 4.78 is 0. The number of nitrogens with zero attached hydrogens (tertiary/aromatic N) is 5. The Balaban J connectivity index is 1.31. The highest BCUT2D eigenvalue weighted by Crippen LogP contribution is 2.39. The molecule has 0 saturated carbocycles. The summed E-state index contributed by atoms with van der Waals surface area (Å²) in [5.41, 5.74) is 6.57. The van der Waals surface area contributed by atoms with E-state index in [1.165, 1.54) is 12.0 Å². The highest BCUT2D eigenvalue weighted by molar-refractivity contribution is 5.85. The first-order valence-electron chi connectivity index (χ1n) is 18.6. The molecule has 9 nitrogen and oxygen atoms in total. The van der Waals surface area contributed by atoms with Crippen LogP contribution < -0.4 is 5.32 Å². The van der Waals surface area contributed by atoms with Crippen molar-refractivity contribution in [3.05, 3.63) is 84.2 Å². The zero-order valence-electron chi connectivity index (χ0n) is 33.5. The topological polar surface area (TPSA) is 105 Å². The van der Waals surface area contributed by atoms with Crippen LogP contribution in [0.2, 0.25) is 0 Å². The fourth-order valence-electron chi connectivity index (χ4n) is 6.91. The molecule has 2 aromatic heterocycles. The number of hydrogen-bond acceptors (Lipinski definition) is 4. The van der Waals surface area contributed by atoms with Gasteiger partial charge in [-0.3, -0.25) is 4.79 Å². The first kappa shape index (κ1) is 38.6. The van der Waals surface area contributed by atoms with Gasteiger partial charge in [-0.2, -0.15) is 0 Å². The van der Waals surface area contributed by atoms with Crippen molar-refractivity contribution in [3.63, 3.8) is 0 Å². The number of guanidine groups is 1. The van der Waals surface area contributed by atoms with E-state index in [2.05, 4.69) is 111 Å². The first-order chi connectivity index (χ1) is 24.4. The van der Waals surface area contributed by atoms with Gasteiger partial charge in [0, 0.05) is 28.2 Å². The molecular weight excluding hydrogens is 645 g/mol. The maximum absolute atomic E-state index is 13.7. The van der Waals surface area contributed by atoms with Crippen LogP contribution in [0.1, 0.15) is 105 Å². The van der Waals surface area contributed by atoms with E-state index in [-0.39, 0.29) is 28.8 Å². The van der Waals surface area contributed by atoms with Crippen LogP contribution in [-0.2, 0) is 4.79 Å². The molecule has 1 aliphatic rings. The van der Waals surface area contributed by atoms with E-state index >= 15 is 0 Å². The Bertz CT molecular complexity index is 1870. The van der Waals surface area contributed by atoms with Crippen molar-refractivity contribution < 1.29 is 4.79 Å². The van der Waals surface area contributed by atoms with Gasteiger partial charge in [-0.05, 0) is 72.6 Å². The number of aromatic nitrogens is 4. The minimum absolute atomic E-state index is 0.0451. The van der Waals surface area contributed by atoms with Crippen LogP contribution in [0.4, 0.5) is 0 Å². The molecule has 0 fully saturated rings. The molecule has 0 saturated heterocycles. The summed E-state index contributed by atoms with van der Waals surface area (Å²) in [5, 5.41) is 3.36. The van der Waals surface area contributed by atoms with Crippen LogP contribution in [0.15, 0.2) is 77.6 Å². The lowest BCUT2D eigenvalue weighted by Gasteiger charge is -2.35. The highest BCUT2D eigenvalue weighted by atomic mass is 16.2.